The summed E-state index contributed by atoms with van der Waals surface area (Å²) in [5.41, 5.74) is 7.12. The van der Waals surface area contributed by atoms with E-state index in [1.54, 1.807) is 6.07 Å². The second-order valence-corrected chi connectivity index (χ2v) is 2.70. The van der Waals surface area contributed by atoms with Crippen LogP contribution < -0.4 is 10.5 Å². The van der Waals surface area contributed by atoms with Gasteiger partial charge in [0.2, 0.25) is 0 Å². The molecule has 0 amide bonds. The highest BCUT2D eigenvalue weighted by Gasteiger charge is 2.08. The van der Waals surface area contributed by atoms with E-state index in [1.807, 2.05) is 12.1 Å². The molecule has 1 rings (SSSR count). The van der Waals surface area contributed by atoms with Gasteiger partial charge in [-0.25, -0.2) is 0 Å². The maximum atomic E-state index is 8.69. The summed E-state index contributed by atoms with van der Waals surface area (Å²) < 4.78 is 5.04. The maximum absolute atomic E-state index is 8.69. The molecular weight excluding hydrogens is 178 g/mol. The van der Waals surface area contributed by atoms with E-state index in [1.165, 1.54) is 13.2 Å². The first-order valence-electron chi connectivity index (χ1n) is 3.96. The molecule has 4 nitrogen and oxygen atoms in total. The summed E-state index contributed by atoms with van der Waals surface area (Å²) in [5, 5.41) is 17.3. The molecule has 0 aliphatic heterocycles. The highest BCUT2D eigenvalue weighted by molar-refractivity contribution is 5.61. The number of anilines is 1. The number of hydrogen-bond acceptors (Lipinski definition) is 4. The fraction of sp³-hybridized carbons (Fsp3) is 0.200. The smallest absolute Gasteiger partial charge is 0.146 e. The van der Waals surface area contributed by atoms with E-state index >= 15 is 0 Å². The van der Waals surface area contributed by atoms with Crippen molar-refractivity contribution in [2.24, 2.45) is 0 Å². The van der Waals surface area contributed by atoms with Crippen molar-refractivity contribution in [1.29, 1.82) is 10.5 Å². The molecule has 0 fully saturated rings. The van der Waals surface area contributed by atoms with Crippen molar-refractivity contribution < 1.29 is 4.74 Å². The van der Waals surface area contributed by atoms with Crippen LogP contribution in [0, 0.1) is 22.7 Å². The third-order valence-electron chi connectivity index (χ3n) is 1.80. The van der Waals surface area contributed by atoms with Crippen molar-refractivity contribution in [1.82, 2.24) is 0 Å². The van der Waals surface area contributed by atoms with Crippen molar-refractivity contribution in [3.8, 4) is 17.9 Å². The van der Waals surface area contributed by atoms with Crippen LogP contribution >= 0.6 is 0 Å². The normalized spacial score (nSPS) is 8.79. The zero-order valence-corrected chi connectivity index (χ0v) is 7.74. The third kappa shape index (κ3) is 1.75. The van der Waals surface area contributed by atoms with Crippen LogP contribution in [0.15, 0.2) is 12.1 Å². The van der Waals surface area contributed by atoms with Gasteiger partial charge >= 0.3 is 0 Å². The SMILES string of the molecule is COc1c(N)cc(C#N)cc1CC#N. The van der Waals surface area contributed by atoms with Crippen LogP contribution in [0.25, 0.3) is 0 Å². The van der Waals surface area contributed by atoms with Gasteiger partial charge in [0.05, 0.1) is 36.9 Å². The Bertz CT molecular complexity index is 426. The number of rotatable bonds is 2. The number of nitrogens with two attached hydrogens (primary N) is 1. The Morgan fingerprint density at radius 2 is 2.14 bits per heavy atom. The third-order valence-corrected chi connectivity index (χ3v) is 1.80. The highest BCUT2D eigenvalue weighted by atomic mass is 16.5. The first-order chi connectivity index (χ1) is 6.72. The van der Waals surface area contributed by atoms with Crippen LogP contribution in [0.3, 0.4) is 0 Å². The standard InChI is InChI=1S/C10H9N3O/c1-14-10-8(2-3-11)4-7(6-12)5-9(10)13/h4-5H,2,13H2,1H3. The molecule has 0 spiro atoms. The number of ether oxygens (including phenoxy) is 1. The van der Waals surface area contributed by atoms with E-state index in [0.717, 1.165) is 0 Å². The Labute approximate surface area is 82.1 Å². The van der Waals surface area contributed by atoms with Crippen molar-refractivity contribution in [3.05, 3.63) is 23.3 Å². The molecule has 0 aliphatic rings. The molecular formula is C10H9N3O. The second-order valence-electron chi connectivity index (χ2n) is 2.70. The van der Waals surface area contributed by atoms with Crippen LogP contribution in [0.4, 0.5) is 5.69 Å². The van der Waals surface area contributed by atoms with Crippen molar-refractivity contribution in [2.45, 2.75) is 6.42 Å². The van der Waals surface area contributed by atoms with Crippen LogP contribution in [0.2, 0.25) is 0 Å². The Kier molecular flexibility index (Phi) is 2.93. The molecule has 0 radical (unpaired) electrons. The van der Waals surface area contributed by atoms with Gasteiger partial charge < -0.3 is 10.5 Å². The molecule has 14 heavy (non-hydrogen) atoms. The fourth-order valence-electron chi connectivity index (χ4n) is 1.24. The van der Waals surface area contributed by atoms with Gasteiger partial charge in [0, 0.05) is 5.56 Å². The van der Waals surface area contributed by atoms with Gasteiger partial charge in [0.1, 0.15) is 5.75 Å². The molecule has 0 aromatic heterocycles. The Morgan fingerprint density at radius 3 is 2.64 bits per heavy atom. The molecule has 0 heterocycles. The maximum Gasteiger partial charge on any atom is 0.146 e. The minimum atomic E-state index is 0.183. The number of nitrogen functional groups attached to an aromatic ring is 1. The monoisotopic (exact) mass is 187 g/mol. The van der Waals surface area contributed by atoms with E-state index in [9.17, 15) is 0 Å². The first-order valence-corrected chi connectivity index (χ1v) is 3.96. The number of methoxy groups -OCH3 is 1. The zero-order chi connectivity index (χ0) is 10.6. The van der Waals surface area contributed by atoms with E-state index < -0.39 is 0 Å². The Hall–Kier alpha value is -2.20. The Balaban J connectivity index is 3.31. The average Bonchev–Trinajstić information content (AvgIpc) is 2.18. The largest absolute Gasteiger partial charge is 0.494 e. The van der Waals surface area contributed by atoms with E-state index in [4.69, 9.17) is 21.0 Å². The number of nitriles is 2. The summed E-state index contributed by atoms with van der Waals surface area (Å²) in [5.74, 6) is 0.477. The molecule has 4 heteroatoms. The van der Waals surface area contributed by atoms with Gasteiger partial charge in [-0.05, 0) is 12.1 Å². The summed E-state index contributed by atoms with van der Waals surface area (Å²) in [6, 6.07) is 7.10. The average molecular weight is 187 g/mol. The van der Waals surface area contributed by atoms with Gasteiger partial charge in [-0.2, -0.15) is 10.5 Å². The highest BCUT2D eigenvalue weighted by Crippen LogP contribution is 2.28. The van der Waals surface area contributed by atoms with Crippen LogP contribution in [-0.2, 0) is 6.42 Å². The summed E-state index contributed by atoms with van der Waals surface area (Å²) in [7, 11) is 1.48. The lowest BCUT2D eigenvalue weighted by Crippen LogP contribution is -1.98. The van der Waals surface area contributed by atoms with Gasteiger partial charge in [0.25, 0.3) is 0 Å². The molecule has 0 saturated carbocycles. The quantitative estimate of drug-likeness (QED) is 0.705. The van der Waals surface area contributed by atoms with Crippen LogP contribution in [0.1, 0.15) is 11.1 Å². The summed E-state index contributed by atoms with van der Waals surface area (Å²) in [6.07, 6.45) is 0.183. The predicted octanol–water partition coefficient (Wildman–Crippen LogP) is 1.22. The minimum Gasteiger partial charge on any atom is -0.494 e. The van der Waals surface area contributed by atoms with Gasteiger partial charge in [-0.3, -0.25) is 0 Å². The molecule has 70 valence electrons. The van der Waals surface area contributed by atoms with Gasteiger partial charge in [0.15, 0.2) is 0 Å². The molecule has 0 atom stereocenters. The van der Waals surface area contributed by atoms with Gasteiger partial charge in [-0.1, -0.05) is 0 Å². The molecule has 0 saturated heterocycles. The first kappa shape index (κ1) is 9.88. The fourth-order valence-corrected chi connectivity index (χ4v) is 1.24. The lowest BCUT2D eigenvalue weighted by Gasteiger charge is -2.08. The molecule has 0 unspecified atom stereocenters. The van der Waals surface area contributed by atoms with Crippen molar-refractivity contribution in [3.63, 3.8) is 0 Å². The van der Waals surface area contributed by atoms with Crippen LogP contribution in [-0.4, -0.2) is 7.11 Å². The van der Waals surface area contributed by atoms with E-state index in [2.05, 4.69) is 0 Å². The number of hydrogen-bond donors (Lipinski definition) is 1. The summed E-state index contributed by atoms with van der Waals surface area (Å²) in [4.78, 5) is 0. The summed E-state index contributed by atoms with van der Waals surface area (Å²) in [6.45, 7) is 0. The summed E-state index contributed by atoms with van der Waals surface area (Å²) >= 11 is 0. The molecule has 2 N–H and O–H groups in total. The van der Waals surface area contributed by atoms with Crippen molar-refractivity contribution >= 4 is 5.69 Å². The number of nitrogens with zero attached hydrogens (tertiary/aromatic N) is 2. The lowest BCUT2D eigenvalue weighted by molar-refractivity contribution is 0.413. The predicted molar refractivity (Wildman–Crippen MR) is 51.4 cm³/mol. The van der Waals surface area contributed by atoms with Crippen LogP contribution in [0.5, 0.6) is 5.75 Å². The molecule has 1 aromatic rings. The Morgan fingerprint density at radius 1 is 1.43 bits per heavy atom. The van der Waals surface area contributed by atoms with Gasteiger partial charge in [-0.15, -0.1) is 0 Å². The topological polar surface area (TPSA) is 82.8 Å². The van der Waals surface area contributed by atoms with Crippen molar-refractivity contribution in [2.75, 3.05) is 12.8 Å². The minimum absolute atomic E-state index is 0.183. The van der Waals surface area contributed by atoms with E-state index in [0.29, 0.717) is 22.6 Å². The molecule has 0 aliphatic carbocycles. The zero-order valence-electron chi connectivity index (χ0n) is 7.74. The van der Waals surface area contributed by atoms with E-state index in [-0.39, 0.29) is 6.42 Å². The molecule has 1 aromatic carbocycles. The lowest BCUT2D eigenvalue weighted by atomic mass is 10.1. The second kappa shape index (κ2) is 4.15. The molecule has 0 bridgehead atoms. The number of benzene rings is 1.